The number of nitrogens with one attached hydrogen (secondary N) is 1. The van der Waals surface area contributed by atoms with Crippen molar-refractivity contribution >= 4 is 35.6 Å². The smallest absolute Gasteiger partial charge is 0.193 e. The molecule has 0 spiro atoms. The predicted molar refractivity (Wildman–Crippen MR) is 123 cm³/mol. The number of nitrogens with zero attached hydrogens (tertiary/aromatic N) is 1. The van der Waals surface area contributed by atoms with E-state index in [9.17, 15) is 4.39 Å². The van der Waals surface area contributed by atoms with Crippen LogP contribution in [0.2, 0.25) is 0 Å². The van der Waals surface area contributed by atoms with Crippen molar-refractivity contribution in [3.63, 3.8) is 0 Å². The average molecular weight is 515 g/mol. The Morgan fingerprint density at radius 3 is 2.59 bits per heavy atom. The van der Waals surface area contributed by atoms with Crippen LogP contribution in [0.15, 0.2) is 47.5 Å². The van der Waals surface area contributed by atoms with E-state index in [4.69, 9.17) is 19.9 Å². The van der Waals surface area contributed by atoms with E-state index in [1.165, 1.54) is 6.07 Å². The normalized spacial score (nSPS) is 15.9. The third-order valence-corrected chi connectivity index (χ3v) is 5.11. The monoisotopic (exact) mass is 515 g/mol. The maximum atomic E-state index is 13.8. The summed E-state index contributed by atoms with van der Waals surface area (Å²) in [5.74, 6) is 1.31. The lowest BCUT2D eigenvalue weighted by Crippen LogP contribution is -2.38. The Hall–Kier alpha value is -2.07. The minimum Gasteiger partial charge on any atom is -0.497 e. The molecule has 0 atom stereocenters. The number of hydrogen-bond donors (Lipinski definition) is 2. The van der Waals surface area contributed by atoms with Crippen molar-refractivity contribution in [2.24, 2.45) is 10.7 Å². The van der Waals surface area contributed by atoms with Crippen molar-refractivity contribution in [2.75, 3.05) is 39.3 Å². The molecular formula is C21H27FIN3O3. The van der Waals surface area contributed by atoms with Crippen LogP contribution in [0.25, 0.3) is 0 Å². The number of guanidine groups is 1. The molecule has 1 heterocycles. The Morgan fingerprint density at radius 2 is 1.93 bits per heavy atom. The van der Waals surface area contributed by atoms with Gasteiger partial charge in [0.15, 0.2) is 5.96 Å². The van der Waals surface area contributed by atoms with Crippen LogP contribution in [0.3, 0.4) is 0 Å². The molecule has 0 aliphatic carbocycles. The highest BCUT2D eigenvalue weighted by molar-refractivity contribution is 14.0. The Balaban J connectivity index is 0.00000300. The molecule has 2 aromatic rings. The molecule has 29 heavy (non-hydrogen) atoms. The van der Waals surface area contributed by atoms with Crippen molar-refractivity contribution in [2.45, 2.75) is 18.3 Å². The first kappa shape index (κ1) is 23.2. The lowest BCUT2D eigenvalue weighted by Gasteiger charge is -2.36. The van der Waals surface area contributed by atoms with E-state index in [1.54, 1.807) is 44.6 Å². The van der Waals surface area contributed by atoms with E-state index >= 15 is 0 Å². The maximum Gasteiger partial charge on any atom is 0.193 e. The first-order valence-corrected chi connectivity index (χ1v) is 9.19. The molecule has 8 heteroatoms. The second-order valence-corrected chi connectivity index (χ2v) is 6.80. The fourth-order valence-corrected chi connectivity index (χ4v) is 3.44. The van der Waals surface area contributed by atoms with Crippen LogP contribution in [0.4, 0.5) is 10.1 Å². The number of nitrogens with two attached hydrogens (primary N) is 1. The topological polar surface area (TPSA) is 78.1 Å². The van der Waals surface area contributed by atoms with Crippen molar-refractivity contribution in [1.82, 2.24) is 0 Å². The summed E-state index contributed by atoms with van der Waals surface area (Å²) in [6.45, 7) is 1.66. The van der Waals surface area contributed by atoms with Gasteiger partial charge in [0.05, 0.1) is 26.5 Å². The Morgan fingerprint density at radius 1 is 1.17 bits per heavy atom. The van der Waals surface area contributed by atoms with E-state index in [1.807, 2.05) is 6.07 Å². The molecule has 2 aromatic carbocycles. The van der Waals surface area contributed by atoms with Gasteiger partial charge in [-0.1, -0.05) is 12.1 Å². The van der Waals surface area contributed by atoms with Gasteiger partial charge in [0.25, 0.3) is 0 Å². The molecule has 0 bridgehead atoms. The number of halogens is 2. The molecule has 0 aromatic heterocycles. The zero-order chi connectivity index (χ0) is 20.0. The van der Waals surface area contributed by atoms with Gasteiger partial charge in [0.1, 0.15) is 17.3 Å². The summed E-state index contributed by atoms with van der Waals surface area (Å²) in [6, 6.07) is 12.1. The molecule has 1 aliphatic heterocycles. The molecule has 1 saturated heterocycles. The second-order valence-electron chi connectivity index (χ2n) is 6.80. The third kappa shape index (κ3) is 5.72. The number of benzene rings is 2. The van der Waals surface area contributed by atoms with Crippen LogP contribution >= 0.6 is 24.0 Å². The van der Waals surface area contributed by atoms with E-state index in [-0.39, 0.29) is 41.2 Å². The van der Waals surface area contributed by atoms with Gasteiger partial charge in [0.2, 0.25) is 0 Å². The van der Waals surface area contributed by atoms with E-state index in [0.717, 1.165) is 18.4 Å². The summed E-state index contributed by atoms with van der Waals surface area (Å²) < 4.78 is 29.9. The van der Waals surface area contributed by atoms with Crippen molar-refractivity contribution < 1.29 is 18.6 Å². The molecule has 0 saturated carbocycles. The zero-order valence-corrected chi connectivity index (χ0v) is 18.9. The number of rotatable bonds is 6. The van der Waals surface area contributed by atoms with E-state index in [0.29, 0.717) is 36.9 Å². The summed E-state index contributed by atoms with van der Waals surface area (Å²) in [7, 11) is 3.18. The number of ether oxygens (including phenoxy) is 3. The van der Waals surface area contributed by atoms with Gasteiger partial charge in [-0.05, 0) is 42.7 Å². The first-order chi connectivity index (χ1) is 13.6. The van der Waals surface area contributed by atoms with Gasteiger partial charge >= 0.3 is 0 Å². The van der Waals surface area contributed by atoms with Crippen LogP contribution < -0.4 is 20.5 Å². The summed E-state index contributed by atoms with van der Waals surface area (Å²) in [6.07, 6.45) is 1.52. The molecule has 6 nitrogen and oxygen atoms in total. The molecule has 0 amide bonds. The van der Waals surface area contributed by atoms with Gasteiger partial charge < -0.3 is 25.3 Å². The van der Waals surface area contributed by atoms with Crippen LogP contribution in [-0.4, -0.2) is 39.9 Å². The lowest BCUT2D eigenvalue weighted by molar-refractivity contribution is 0.0530. The number of aliphatic imine (C=N–C) groups is 1. The van der Waals surface area contributed by atoms with Crippen LogP contribution in [0.5, 0.6) is 11.5 Å². The minimum atomic E-state index is -0.300. The first-order valence-electron chi connectivity index (χ1n) is 9.19. The highest BCUT2D eigenvalue weighted by Crippen LogP contribution is 2.35. The Labute approximate surface area is 187 Å². The fraction of sp³-hybridized carbons (Fsp3) is 0.381. The lowest BCUT2D eigenvalue weighted by atomic mass is 9.74. The number of methoxy groups -OCH3 is 2. The average Bonchev–Trinajstić information content (AvgIpc) is 2.73. The molecule has 0 radical (unpaired) electrons. The SMILES string of the molecule is COc1ccc(OC)c(NC(N)=NCC2(c3cccc(F)c3)CCOCC2)c1.I. The van der Waals surface area contributed by atoms with Gasteiger partial charge in [-0.15, -0.1) is 24.0 Å². The molecule has 1 aliphatic rings. The summed E-state index contributed by atoms with van der Waals surface area (Å²) in [5, 5.41) is 3.07. The molecule has 3 N–H and O–H groups in total. The van der Waals surface area contributed by atoms with Crippen molar-refractivity contribution in [1.29, 1.82) is 0 Å². The fourth-order valence-electron chi connectivity index (χ4n) is 3.44. The molecule has 0 unspecified atom stereocenters. The van der Waals surface area contributed by atoms with Crippen LogP contribution in [-0.2, 0) is 10.2 Å². The Bertz CT molecular complexity index is 842. The predicted octanol–water partition coefficient (Wildman–Crippen LogP) is 3.94. The van der Waals surface area contributed by atoms with E-state index in [2.05, 4.69) is 10.3 Å². The largest absolute Gasteiger partial charge is 0.497 e. The maximum absolute atomic E-state index is 13.8. The second kappa shape index (κ2) is 10.6. The van der Waals surface area contributed by atoms with Gasteiger partial charge in [0, 0.05) is 24.7 Å². The van der Waals surface area contributed by atoms with Gasteiger partial charge in [-0.3, -0.25) is 4.99 Å². The van der Waals surface area contributed by atoms with Gasteiger partial charge in [-0.25, -0.2) is 4.39 Å². The van der Waals surface area contributed by atoms with E-state index < -0.39 is 0 Å². The molecular weight excluding hydrogens is 488 g/mol. The van der Waals surface area contributed by atoms with Crippen molar-refractivity contribution in [3.05, 3.63) is 53.8 Å². The highest BCUT2D eigenvalue weighted by atomic mass is 127. The van der Waals surface area contributed by atoms with Gasteiger partial charge in [-0.2, -0.15) is 0 Å². The molecule has 3 rings (SSSR count). The van der Waals surface area contributed by atoms with Crippen LogP contribution in [0.1, 0.15) is 18.4 Å². The summed E-state index contributed by atoms with van der Waals surface area (Å²) in [5.41, 5.74) is 7.43. The zero-order valence-electron chi connectivity index (χ0n) is 16.6. The molecule has 158 valence electrons. The van der Waals surface area contributed by atoms with Crippen molar-refractivity contribution in [3.8, 4) is 11.5 Å². The standard InChI is InChI=1S/C21H26FN3O3.HI/c1-26-17-6-7-19(27-2)18(13-17)25-20(23)24-14-21(8-10-28-11-9-21)15-4-3-5-16(22)12-15;/h3-7,12-13H,8-11,14H2,1-2H3,(H3,23,24,25);1H. The molecule has 1 fully saturated rings. The third-order valence-electron chi connectivity index (χ3n) is 5.11. The highest BCUT2D eigenvalue weighted by Gasteiger charge is 2.34. The Kier molecular flexibility index (Phi) is 8.51. The summed E-state index contributed by atoms with van der Waals surface area (Å²) >= 11 is 0. The number of anilines is 1. The number of hydrogen-bond acceptors (Lipinski definition) is 4. The van der Waals surface area contributed by atoms with Crippen LogP contribution in [0, 0.1) is 5.82 Å². The minimum absolute atomic E-state index is 0. The quantitative estimate of drug-likeness (QED) is 0.347. The summed E-state index contributed by atoms with van der Waals surface area (Å²) in [4.78, 5) is 4.56.